The van der Waals surface area contributed by atoms with Gasteiger partial charge < -0.3 is 0 Å². The Labute approximate surface area is 180 Å². The molecule has 0 spiro atoms. The number of rotatable bonds is 8. The van der Waals surface area contributed by atoms with Gasteiger partial charge in [-0.1, -0.05) is 72.3 Å². The largest absolute Gasteiger partial charge is 0.272 e. The average Bonchev–Trinajstić information content (AvgIpc) is 2.75. The summed E-state index contributed by atoms with van der Waals surface area (Å²) in [6.07, 6.45) is 1.49. The summed E-state index contributed by atoms with van der Waals surface area (Å²) in [6, 6.07) is 24.1. The van der Waals surface area contributed by atoms with Gasteiger partial charge in [-0.15, -0.1) is 0 Å². The summed E-state index contributed by atoms with van der Waals surface area (Å²) in [5.74, 6) is -0.546. The van der Waals surface area contributed by atoms with Crippen molar-refractivity contribution in [3.05, 3.63) is 101 Å². The van der Waals surface area contributed by atoms with Crippen LogP contribution in [0.1, 0.15) is 11.1 Å². The molecular formula is C22H20ClN3O3S. The molecule has 0 atom stereocenters. The van der Waals surface area contributed by atoms with Gasteiger partial charge in [-0.05, 0) is 35.4 Å². The Morgan fingerprint density at radius 3 is 2.17 bits per heavy atom. The summed E-state index contributed by atoms with van der Waals surface area (Å²) in [4.78, 5) is 12.5. The number of hydrogen-bond acceptors (Lipinski definition) is 4. The van der Waals surface area contributed by atoms with Gasteiger partial charge in [0.25, 0.3) is 5.91 Å². The van der Waals surface area contributed by atoms with Crippen LogP contribution in [-0.4, -0.2) is 31.4 Å². The van der Waals surface area contributed by atoms with E-state index >= 15 is 0 Å². The normalized spacial score (nSPS) is 11.7. The van der Waals surface area contributed by atoms with Gasteiger partial charge in [0.2, 0.25) is 10.0 Å². The predicted octanol–water partition coefficient (Wildman–Crippen LogP) is 3.68. The quantitative estimate of drug-likeness (QED) is 0.427. The highest BCUT2D eigenvalue weighted by molar-refractivity contribution is 7.89. The van der Waals surface area contributed by atoms with Gasteiger partial charge in [-0.3, -0.25) is 4.79 Å². The van der Waals surface area contributed by atoms with E-state index in [0.717, 1.165) is 15.4 Å². The minimum Gasteiger partial charge on any atom is -0.272 e. The molecule has 1 amide bonds. The third-order valence-corrected chi connectivity index (χ3v) is 6.23. The summed E-state index contributed by atoms with van der Waals surface area (Å²) in [6.45, 7) is -0.340. The van der Waals surface area contributed by atoms with Crippen molar-refractivity contribution >= 4 is 33.7 Å². The fraction of sp³-hybridized carbons (Fsp3) is 0.0909. The second kappa shape index (κ2) is 10.2. The SMILES string of the molecule is O=C(CN(Cc1ccccc1)S(=O)(=O)c1ccc(Cl)cc1)N/N=C\c1ccccc1. The first-order valence-corrected chi connectivity index (χ1v) is 10.9. The molecule has 30 heavy (non-hydrogen) atoms. The topological polar surface area (TPSA) is 78.8 Å². The fourth-order valence-corrected chi connectivity index (χ4v) is 4.19. The molecule has 154 valence electrons. The molecule has 6 nitrogen and oxygen atoms in total. The van der Waals surface area contributed by atoms with E-state index in [1.54, 1.807) is 12.1 Å². The number of sulfonamides is 1. The van der Waals surface area contributed by atoms with E-state index in [0.29, 0.717) is 5.02 Å². The Kier molecular flexibility index (Phi) is 7.35. The Hall–Kier alpha value is -3.00. The molecule has 0 radical (unpaired) electrons. The smallest absolute Gasteiger partial charge is 0.255 e. The van der Waals surface area contributed by atoms with Gasteiger partial charge >= 0.3 is 0 Å². The van der Waals surface area contributed by atoms with Gasteiger partial charge in [0.05, 0.1) is 17.7 Å². The van der Waals surface area contributed by atoms with Gasteiger partial charge in [0.15, 0.2) is 0 Å². The lowest BCUT2D eigenvalue weighted by atomic mass is 10.2. The lowest BCUT2D eigenvalue weighted by molar-refractivity contribution is -0.121. The minimum atomic E-state index is -3.93. The third-order valence-electron chi connectivity index (χ3n) is 4.18. The summed E-state index contributed by atoms with van der Waals surface area (Å²) in [5.41, 5.74) is 3.96. The monoisotopic (exact) mass is 441 g/mol. The van der Waals surface area contributed by atoms with E-state index in [1.807, 2.05) is 48.5 Å². The molecule has 0 saturated carbocycles. The Morgan fingerprint density at radius 1 is 0.933 bits per heavy atom. The number of benzene rings is 3. The van der Waals surface area contributed by atoms with Crippen LogP contribution in [0.5, 0.6) is 0 Å². The number of nitrogens with zero attached hydrogens (tertiary/aromatic N) is 2. The molecule has 3 aromatic rings. The molecule has 8 heteroatoms. The van der Waals surface area contributed by atoms with Crippen molar-refractivity contribution in [1.29, 1.82) is 0 Å². The van der Waals surface area contributed by atoms with Crippen LogP contribution in [0, 0.1) is 0 Å². The number of nitrogens with one attached hydrogen (secondary N) is 1. The van der Waals surface area contributed by atoms with E-state index < -0.39 is 15.9 Å². The zero-order valence-electron chi connectivity index (χ0n) is 16.0. The van der Waals surface area contributed by atoms with Gasteiger partial charge in [0, 0.05) is 11.6 Å². The lowest BCUT2D eigenvalue weighted by Crippen LogP contribution is -2.39. The number of hydrazone groups is 1. The van der Waals surface area contributed by atoms with Crippen molar-refractivity contribution in [2.45, 2.75) is 11.4 Å². The highest BCUT2D eigenvalue weighted by Crippen LogP contribution is 2.20. The Balaban J connectivity index is 1.77. The van der Waals surface area contributed by atoms with Gasteiger partial charge in [-0.2, -0.15) is 9.41 Å². The van der Waals surface area contributed by atoms with Crippen molar-refractivity contribution in [3.8, 4) is 0 Å². The zero-order valence-corrected chi connectivity index (χ0v) is 17.6. The molecule has 0 bridgehead atoms. The molecule has 3 rings (SSSR count). The standard InChI is InChI=1S/C22H20ClN3O3S/c23-20-11-13-21(14-12-20)30(28,29)26(16-19-9-5-2-6-10-19)17-22(27)25-24-15-18-7-3-1-4-8-18/h1-15H,16-17H2,(H,25,27)/b24-15-. The average molecular weight is 442 g/mol. The maximum atomic E-state index is 13.1. The zero-order chi connectivity index (χ0) is 21.4. The summed E-state index contributed by atoms with van der Waals surface area (Å²) < 4.78 is 27.4. The molecular weight excluding hydrogens is 422 g/mol. The van der Waals surface area contributed by atoms with Crippen molar-refractivity contribution in [2.24, 2.45) is 5.10 Å². The number of carbonyl (C=O) groups excluding carboxylic acids is 1. The second-order valence-corrected chi connectivity index (χ2v) is 8.79. The van der Waals surface area contributed by atoms with Crippen molar-refractivity contribution < 1.29 is 13.2 Å². The van der Waals surface area contributed by atoms with Crippen LogP contribution >= 0.6 is 11.6 Å². The van der Waals surface area contributed by atoms with Crippen LogP contribution < -0.4 is 5.43 Å². The lowest BCUT2D eigenvalue weighted by Gasteiger charge is -2.21. The van der Waals surface area contributed by atoms with Crippen LogP contribution in [0.4, 0.5) is 0 Å². The number of halogens is 1. The first kappa shape index (κ1) is 21.7. The number of hydrogen-bond donors (Lipinski definition) is 1. The van der Waals surface area contributed by atoms with E-state index in [9.17, 15) is 13.2 Å². The fourth-order valence-electron chi connectivity index (χ4n) is 2.68. The molecule has 0 aliphatic carbocycles. The molecule has 1 N–H and O–H groups in total. The van der Waals surface area contributed by atoms with E-state index in [4.69, 9.17) is 11.6 Å². The van der Waals surface area contributed by atoms with E-state index in [2.05, 4.69) is 10.5 Å². The van der Waals surface area contributed by atoms with Crippen LogP contribution in [0.15, 0.2) is 94.9 Å². The van der Waals surface area contributed by atoms with Crippen molar-refractivity contribution in [3.63, 3.8) is 0 Å². The molecule has 0 aromatic heterocycles. The second-order valence-electron chi connectivity index (χ2n) is 6.42. The molecule has 0 saturated heterocycles. The summed E-state index contributed by atoms with van der Waals surface area (Å²) in [5, 5.41) is 4.33. The van der Waals surface area contributed by atoms with Crippen LogP contribution in [-0.2, 0) is 21.4 Å². The Bertz CT molecular complexity index is 1100. The van der Waals surface area contributed by atoms with E-state index in [-0.39, 0.29) is 18.0 Å². The van der Waals surface area contributed by atoms with Gasteiger partial charge in [-0.25, -0.2) is 13.8 Å². The number of carbonyl (C=O) groups is 1. The summed E-state index contributed by atoms with van der Waals surface area (Å²) >= 11 is 5.87. The van der Waals surface area contributed by atoms with Crippen molar-refractivity contribution in [1.82, 2.24) is 9.73 Å². The first-order chi connectivity index (χ1) is 14.4. The molecule has 0 aliphatic rings. The number of amides is 1. The third kappa shape index (κ3) is 6.00. The van der Waals surface area contributed by atoms with Crippen LogP contribution in [0.25, 0.3) is 0 Å². The molecule has 3 aromatic carbocycles. The molecule has 0 fully saturated rings. The van der Waals surface area contributed by atoms with Crippen LogP contribution in [0.3, 0.4) is 0 Å². The Morgan fingerprint density at radius 2 is 1.53 bits per heavy atom. The maximum absolute atomic E-state index is 13.1. The molecule has 0 heterocycles. The van der Waals surface area contributed by atoms with Crippen LogP contribution in [0.2, 0.25) is 5.02 Å². The molecule has 0 unspecified atom stereocenters. The maximum Gasteiger partial charge on any atom is 0.255 e. The minimum absolute atomic E-state index is 0.0433. The first-order valence-electron chi connectivity index (χ1n) is 9.12. The highest BCUT2D eigenvalue weighted by atomic mass is 35.5. The van der Waals surface area contributed by atoms with Gasteiger partial charge in [0.1, 0.15) is 0 Å². The van der Waals surface area contributed by atoms with Crippen molar-refractivity contribution in [2.75, 3.05) is 6.54 Å². The summed E-state index contributed by atoms with van der Waals surface area (Å²) in [7, 11) is -3.93. The molecule has 0 aliphatic heterocycles. The highest BCUT2D eigenvalue weighted by Gasteiger charge is 2.26. The van der Waals surface area contributed by atoms with E-state index in [1.165, 1.54) is 30.5 Å². The predicted molar refractivity (Wildman–Crippen MR) is 118 cm³/mol.